The second kappa shape index (κ2) is 3.08. The van der Waals surface area contributed by atoms with E-state index in [9.17, 15) is 8.42 Å². The highest BCUT2D eigenvalue weighted by atomic mass is 32.2. The van der Waals surface area contributed by atoms with Gasteiger partial charge in [-0.3, -0.25) is 4.55 Å². The van der Waals surface area contributed by atoms with Crippen molar-refractivity contribution in [1.29, 1.82) is 0 Å². The summed E-state index contributed by atoms with van der Waals surface area (Å²) in [5.74, 6) is 4.95. The third kappa shape index (κ3) is 1.93. The summed E-state index contributed by atoms with van der Waals surface area (Å²) < 4.78 is 29.7. The van der Waals surface area contributed by atoms with E-state index < -0.39 is 10.1 Å². The number of nitrogens with two attached hydrogens (primary N) is 1. The molecule has 1 rings (SSSR count). The zero-order valence-electron chi connectivity index (χ0n) is 6.14. The normalized spacial score (nSPS) is 21.1. The van der Waals surface area contributed by atoms with Gasteiger partial charge in [0, 0.05) is 6.42 Å². The van der Waals surface area contributed by atoms with Gasteiger partial charge in [0.2, 0.25) is 0 Å². The van der Waals surface area contributed by atoms with Gasteiger partial charge < -0.3 is 5.84 Å². The summed E-state index contributed by atoms with van der Waals surface area (Å²) in [6, 6.07) is 0. The Kier molecular flexibility index (Phi) is 2.30. The number of hydrogen-bond acceptors (Lipinski definition) is 4. The molecule has 0 saturated carbocycles. The summed E-state index contributed by atoms with van der Waals surface area (Å²) in [5.41, 5.74) is 0.572. The van der Waals surface area contributed by atoms with Gasteiger partial charge in [0.15, 0.2) is 0 Å². The van der Waals surface area contributed by atoms with Crippen LogP contribution in [0.3, 0.4) is 0 Å². The molecular weight excluding hydrogens is 180 g/mol. The van der Waals surface area contributed by atoms with Crippen LogP contribution in [0, 0.1) is 0 Å². The smallest absolute Gasteiger partial charge is 0.294 e. The topological polar surface area (TPSA) is 92.8 Å². The second-order valence-corrected chi connectivity index (χ2v) is 3.66. The Morgan fingerprint density at radius 1 is 1.50 bits per heavy atom. The molecule has 1 aliphatic rings. The Morgan fingerprint density at radius 3 is 2.50 bits per heavy atom. The van der Waals surface area contributed by atoms with Gasteiger partial charge in [-0.15, -0.1) is 0 Å². The lowest BCUT2D eigenvalue weighted by Crippen LogP contribution is -2.06. The van der Waals surface area contributed by atoms with Crippen molar-refractivity contribution >= 4 is 15.8 Å². The SMILES string of the molecule is N/N=C1/C=CC(S(=O)(=O)O)=CC1. The summed E-state index contributed by atoms with van der Waals surface area (Å²) in [6.45, 7) is 0. The quantitative estimate of drug-likeness (QED) is 0.345. The standard InChI is InChI=1S/C6H8N2O3S/c7-8-5-1-3-6(4-2-5)12(9,10)11/h1,3-4H,2,7H2,(H,9,10,11)/b8-5-. The minimum atomic E-state index is -4.08. The molecule has 0 amide bonds. The average molecular weight is 188 g/mol. The van der Waals surface area contributed by atoms with Crippen molar-refractivity contribution in [1.82, 2.24) is 0 Å². The Morgan fingerprint density at radius 2 is 2.17 bits per heavy atom. The van der Waals surface area contributed by atoms with Gasteiger partial charge in [0.25, 0.3) is 10.1 Å². The first-order chi connectivity index (χ1) is 5.54. The molecule has 0 spiro atoms. The maximum absolute atomic E-state index is 10.5. The van der Waals surface area contributed by atoms with Crippen molar-refractivity contribution in [3.63, 3.8) is 0 Å². The molecule has 0 aliphatic heterocycles. The van der Waals surface area contributed by atoms with Crippen molar-refractivity contribution in [3.05, 3.63) is 23.1 Å². The van der Waals surface area contributed by atoms with Crippen LogP contribution in [0.2, 0.25) is 0 Å². The van der Waals surface area contributed by atoms with E-state index in [1.54, 1.807) is 0 Å². The second-order valence-electron chi connectivity index (χ2n) is 2.24. The molecule has 1 aliphatic carbocycles. The van der Waals surface area contributed by atoms with Gasteiger partial charge in [0.05, 0.1) is 10.6 Å². The van der Waals surface area contributed by atoms with Crippen LogP contribution in [0.4, 0.5) is 0 Å². The predicted octanol–water partition coefficient (Wildman–Crippen LogP) is 0.0327. The average Bonchev–Trinajstić information content (AvgIpc) is 2.03. The first-order valence-electron chi connectivity index (χ1n) is 3.16. The van der Waals surface area contributed by atoms with Crippen molar-refractivity contribution in [2.75, 3.05) is 0 Å². The number of rotatable bonds is 1. The molecule has 0 saturated heterocycles. The number of hydrogen-bond donors (Lipinski definition) is 2. The first kappa shape index (κ1) is 8.95. The summed E-state index contributed by atoms with van der Waals surface area (Å²) in [5, 5.41) is 3.37. The van der Waals surface area contributed by atoms with Crippen LogP contribution in [0.5, 0.6) is 0 Å². The molecule has 0 bridgehead atoms. The van der Waals surface area contributed by atoms with Crippen LogP contribution in [-0.2, 0) is 10.1 Å². The summed E-state index contributed by atoms with van der Waals surface area (Å²) >= 11 is 0. The molecular formula is C6H8N2O3S. The Bertz CT molecular complexity index is 364. The molecule has 66 valence electrons. The number of allylic oxidation sites excluding steroid dienone is 3. The lowest BCUT2D eigenvalue weighted by molar-refractivity contribution is 0.492. The van der Waals surface area contributed by atoms with Crippen molar-refractivity contribution < 1.29 is 13.0 Å². The van der Waals surface area contributed by atoms with Gasteiger partial charge in [-0.25, -0.2) is 0 Å². The van der Waals surface area contributed by atoms with E-state index in [-0.39, 0.29) is 4.91 Å². The van der Waals surface area contributed by atoms with E-state index in [1.165, 1.54) is 18.2 Å². The fourth-order valence-corrected chi connectivity index (χ4v) is 1.34. The van der Waals surface area contributed by atoms with E-state index in [4.69, 9.17) is 10.4 Å². The third-order valence-corrected chi connectivity index (χ3v) is 2.31. The highest BCUT2D eigenvalue weighted by Gasteiger charge is 2.13. The van der Waals surface area contributed by atoms with Crippen LogP contribution < -0.4 is 5.84 Å². The van der Waals surface area contributed by atoms with Crippen LogP contribution >= 0.6 is 0 Å². The molecule has 3 N–H and O–H groups in total. The molecule has 0 aromatic carbocycles. The molecule has 0 fully saturated rings. The third-order valence-electron chi connectivity index (χ3n) is 1.42. The predicted molar refractivity (Wildman–Crippen MR) is 45.0 cm³/mol. The number of hydrazone groups is 1. The lowest BCUT2D eigenvalue weighted by Gasteiger charge is -2.03. The maximum Gasteiger partial charge on any atom is 0.294 e. The fraction of sp³-hybridized carbons (Fsp3) is 0.167. The van der Waals surface area contributed by atoms with Crippen molar-refractivity contribution in [3.8, 4) is 0 Å². The first-order valence-corrected chi connectivity index (χ1v) is 4.60. The molecule has 0 heterocycles. The van der Waals surface area contributed by atoms with Crippen LogP contribution in [0.1, 0.15) is 6.42 Å². The van der Waals surface area contributed by atoms with E-state index >= 15 is 0 Å². The van der Waals surface area contributed by atoms with E-state index in [2.05, 4.69) is 5.10 Å². The van der Waals surface area contributed by atoms with Gasteiger partial charge in [0.1, 0.15) is 0 Å². The van der Waals surface area contributed by atoms with Crippen LogP contribution in [-0.4, -0.2) is 18.7 Å². The Labute approximate surface area is 70.0 Å². The van der Waals surface area contributed by atoms with Crippen molar-refractivity contribution in [2.24, 2.45) is 10.9 Å². The van der Waals surface area contributed by atoms with E-state index in [0.29, 0.717) is 12.1 Å². The van der Waals surface area contributed by atoms with Crippen LogP contribution in [0.15, 0.2) is 28.2 Å². The fourth-order valence-electron chi connectivity index (χ4n) is 0.807. The lowest BCUT2D eigenvalue weighted by atomic mass is 10.2. The highest BCUT2D eigenvalue weighted by Crippen LogP contribution is 2.12. The minimum Gasteiger partial charge on any atom is -0.323 e. The molecule has 0 atom stereocenters. The Hall–Kier alpha value is -1.14. The molecule has 6 heteroatoms. The van der Waals surface area contributed by atoms with Gasteiger partial charge in [-0.05, 0) is 12.2 Å². The molecule has 0 unspecified atom stereocenters. The number of nitrogens with zero attached hydrogens (tertiary/aromatic N) is 1. The monoisotopic (exact) mass is 188 g/mol. The molecule has 0 aromatic rings. The van der Waals surface area contributed by atoms with Crippen LogP contribution in [0.25, 0.3) is 0 Å². The molecule has 0 aromatic heterocycles. The molecule has 12 heavy (non-hydrogen) atoms. The zero-order valence-corrected chi connectivity index (χ0v) is 6.95. The zero-order chi connectivity index (χ0) is 9.19. The summed E-state index contributed by atoms with van der Waals surface area (Å²) in [7, 11) is -4.08. The largest absolute Gasteiger partial charge is 0.323 e. The molecule has 5 nitrogen and oxygen atoms in total. The van der Waals surface area contributed by atoms with E-state index in [0.717, 1.165) is 0 Å². The minimum absolute atomic E-state index is 0.116. The summed E-state index contributed by atoms with van der Waals surface area (Å²) in [4.78, 5) is -0.116. The van der Waals surface area contributed by atoms with Crippen molar-refractivity contribution in [2.45, 2.75) is 6.42 Å². The highest BCUT2D eigenvalue weighted by molar-refractivity contribution is 7.90. The van der Waals surface area contributed by atoms with E-state index in [1.807, 2.05) is 0 Å². The van der Waals surface area contributed by atoms with Gasteiger partial charge in [-0.2, -0.15) is 13.5 Å². The summed E-state index contributed by atoms with van der Waals surface area (Å²) in [6.07, 6.45) is 4.37. The maximum atomic E-state index is 10.5. The van der Waals surface area contributed by atoms with Gasteiger partial charge >= 0.3 is 0 Å². The Balaban J connectivity index is 2.93. The van der Waals surface area contributed by atoms with Gasteiger partial charge in [-0.1, -0.05) is 6.08 Å². The molecule has 0 radical (unpaired) electrons.